The minimum atomic E-state index is -0.542. The van der Waals surface area contributed by atoms with Crippen LogP contribution in [-0.2, 0) is 0 Å². The van der Waals surface area contributed by atoms with Crippen LogP contribution in [0.2, 0.25) is 0 Å². The second-order valence-corrected chi connectivity index (χ2v) is 6.41. The molecule has 0 fully saturated rings. The van der Waals surface area contributed by atoms with Crippen molar-refractivity contribution in [3.63, 3.8) is 0 Å². The predicted molar refractivity (Wildman–Crippen MR) is 97.6 cm³/mol. The molecule has 0 amide bonds. The van der Waals surface area contributed by atoms with E-state index in [1.54, 1.807) is 18.2 Å². The van der Waals surface area contributed by atoms with E-state index < -0.39 is 5.92 Å². The fourth-order valence-electron chi connectivity index (χ4n) is 3.55. The van der Waals surface area contributed by atoms with E-state index in [2.05, 4.69) is 16.3 Å². The summed E-state index contributed by atoms with van der Waals surface area (Å²) in [6.07, 6.45) is 0. The second kappa shape index (κ2) is 5.96. The van der Waals surface area contributed by atoms with Gasteiger partial charge in [-0.15, -0.1) is 5.10 Å². The van der Waals surface area contributed by atoms with Crippen LogP contribution in [0.4, 0.5) is 0 Å². The van der Waals surface area contributed by atoms with Crippen LogP contribution >= 0.6 is 0 Å². The first kappa shape index (κ1) is 16.1. The van der Waals surface area contributed by atoms with Gasteiger partial charge < -0.3 is 25.1 Å². The molecule has 0 saturated heterocycles. The molecule has 0 unspecified atom stereocenters. The molecule has 0 spiro atoms. The van der Waals surface area contributed by atoms with Crippen LogP contribution in [-0.4, -0.2) is 22.1 Å². The van der Waals surface area contributed by atoms with Gasteiger partial charge in [0.25, 0.3) is 0 Å². The quantitative estimate of drug-likeness (QED) is 0.629. The lowest BCUT2D eigenvalue weighted by Gasteiger charge is -2.24. The summed E-state index contributed by atoms with van der Waals surface area (Å²) in [5, 5.41) is 26.9. The van der Waals surface area contributed by atoms with Crippen molar-refractivity contribution >= 4 is 0 Å². The Bertz CT molecular complexity index is 1180. The van der Waals surface area contributed by atoms with Crippen molar-refractivity contribution in [1.82, 2.24) is 10.2 Å². The third kappa shape index (κ3) is 2.34. The zero-order chi connectivity index (χ0) is 19.3. The molecule has 138 valence electrons. The van der Waals surface area contributed by atoms with E-state index in [-0.39, 0.29) is 29.9 Å². The first-order chi connectivity index (χ1) is 13.7. The smallest absolute Gasteiger partial charge is 0.244 e. The molecule has 0 saturated carbocycles. The summed E-state index contributed by atoms with van der Waals surface area (Å²) in [6.45, 7) is 0.173. The molecule has 2 aliphatic rings. The molecule has 0 radical (unpaired) electrons. The zero-order valence-electron chi connectivity index (χ0n) is 14.5. The van der Waals surface area contributed by atoms with Gasteiger partial charge in [-0.2, -0.15) is 5.26 Å². The standard InChI is InChI=1S/C20H14N4O4/c21-8-13-16(10-2-1-3-12(25)6-10)17-18(23-24-20(17)28-19(13)22)11-4-5-14-15(7-11)27-9-26-14/h1-7,16,25H,9,22H2,(H,23,24)/t16-/m1/s1. The summed E-state index contributed by atoms with van der Waals surface area (Å²) in [6, 6.07) is 14.4. The number of allylic oxidation sites excluding steroid dienone is 1. The molecule has 4 N–H and O–H groups in total. The number of nitrogens with one attached hydrogen (secondary N) is 1. The average molecular weight is 374 g/mol. The van der Waals surface area contributed by atoms with Crippen LogP contribution in [0.15, 0.2) is 53.9 Å². The number of aromatic amines is 1. The van der Waals surface area contributed by atoms with E-state index in [0.29, 0.717) is 28.3 Å². The minimum Gasteiger partial charge on any atom is -0.508 e. The molecule has 1 aromatic heterocycles. The molecule has 2 aliphatic heterocycles. The van der Waals surface area contributed by atoms with Gasteiger partial charge in [-0.25, -0.2) is 0 Å². The third-order valence-electron chi connectivity index (χ3n) is 4.80. The Hall–Kier alpha value is -4.12. The molecule has 0 bridgehead atoms. The number of phenols is 1. The van der Waals surface area contributed by atoms with Gasteiger partial charge in [0.2, 0.25) is 18.6 Å². The number of phenolic OH excluding ortho intramolecular Hbond substituents is 1. The highest BCUT2D eigenvalue weighted by atomic mass is 16.7. The topological polar surface area (TPSA) is 126 Å². The van der Waals surface area contributed by atoms with Crippen molar-refractivity contribution in [2.45, 2.75) is 5.92 Å². The molecule has 5 rings (SSSR count). The molecule has 0 aliphatic carbocycles. The number of nitrogens with two attached hydrogens (primary N) is 1. The number of ether oxygens (including phenoxy) is 3. The summed E-state index contributed by atoms with van der Waals surface area (Å²) in [5.74, 6) is 1.13. The highest BCUT2D eigenvalue weighted by Gasteiger charge is 2.36. The maximum Gasteiger partial charge on any atom is 0.244 e. The van der Waals surface area contributed by atoms with E-state index in [4.69, 9.17) is 19.9 Å². The van der Waals surface area contributed by atoms with Crippen molar-refractivity contribution < 1.29 is 19.3 Å². The summed E-state index contributed by atoms with van der Waals surface area (Å²) >= 11 is 0. The van der Waals surface area contributed by atoms with Gasteiger partial charge in [-0.1, -0.05) is 12.1 Å². The first-order valence-corrected chi connectivity index (χ1v) is 8.50. The van der Waals surface area contributed by atoms with E-state index in [1.807, 2.05) is 24.3 Å². The summed E-state index contributed by atoms with van der Waals surface area (Å²) in [5.41, 5.74) is 9.05. The van der Waals surface area contributed by atoms with E-state index in [0.717, 1.165) is 5.56 Å². The van der Waals surface area contributed by atoms with Gasteiger partial charge in [0.05, 0.1) is 17.2 Å². The van der Waals surface area contributed by atoms with Gasteiger partial charge in [0.15, 0.2) is 11.5 Å². The van der Waals surface area contributed by atoms with Gasteiger partial charge in [0, 0.05) is 5.56 Å². The lowest BCUT2D eigenvalue weighted by molar-refractivity contribution is 0.174. The number of benzene rings is 2. The average Bonchev–Trinajstić information content (AvgIpc) is 3.32. The number of nitriles is 1. The number of aromatic nitrogens is 2. The number of H-pyrrole nitrogens is 1. The van der Waals surface area contributed by atoms with Crippen LogP contribution in [0.1, 0.15) is 17.0 Å². The fraction of sp³-hybridized carbons (Fsp3) is 0.100. The van der Waals surface area contributed by atoms with Crippen LogP contribution in [0.25, 0.3) is 11.3 Å². The zero-order valence-corrected chi connectivity index (χ0v) is 14.5. The highest BCUT2D eigenvalue weighted by molar-refractivity contribution is 5.73. The Kier molecular flexibility index (Phi) is 3.42. The Balaban J connectivity index is 1.71. The number of hydrogen-bond acceptors (Lipinski definition) is 7. The van der Waals surface area contributed by atoms with Crippen LogP contribution in [0.5, 0.6) is 23.1 Å². The van der Waals surface area contributed by atoms with Crippen molar-refractivity contribution in [1.29, 1.82) is 5.26 Å². The monoisotopic (exact) mass is 374 g/mol. The second-order valence-electron chi connectivity index (χ2n) is 6.41. The Morgan fingerprint density at radius 3 is 2.86 bits per heavy atom. The lowest BCUT2D eigenvalue weighted by Crippen LogP contribution is -2.20. The first-order valence-electron chi connectivity index (χ1n) is 8.50. The summed E-state index contributed by atoms with van der Waals surface area (Å²) in [4.78, 5) is 0. The normalized spacial score (nSPS) is 17.0. The molecular weight excluding hydrogens is 360 g/mol. The number of hydrogen-bond donors (Lipinski definition) is 3. The highest BCUT2D eigenvalue weighted by Crippen LogP contribution is 2.47. The largest absolute Gasteiger partial charge is 0.508 e. The van der Waals surface area contributed by atoms with Crippen LogP contribution in [0, 0.1) is 11.3 Å². The molecule has 8 heteroatoms. The van der Waals surface area contributed by atoms with Gasteiger partial charge in [-0.3, -0.25) is 5.10 Å². The third-order valence-corrected chi connectivity index (χ3v) is 4.80. The van der Waals surface area contributed by atoms with Crippen molar-refractivity contribution in [2.24, 2.45) is 5.73 Å². The Morgan fingerprint density at radius 2 is 2.04 bits per heavy atom. The number of rotatable bonds is 2. The molecule has 1 atom stereocenters. The molecule has 3 aromatic rings. The number of nitrogens with zero attached hydrogens (tertiary/aromatic N) is 2. The van der Waals surface area contributed by atoms with Crippen LogP contribution < -0.4 is 19.9 Å². The fourth-order valence-corrected chi connectivity index (χ4v) is 3.55. The molecule has 3 heterocycles. The lowest BCUT2D eigenvalue weighted by atomic mass is 9.83. The Morgan fingerprint density at radius 1 is 1.18 bits per heavy atom. The summed E-state index contributed by atoms with van der Waals surface area (Å²) in [7, 11) is 0. The predicted octanol–water partition coefficient (Wildman–Crippen LogP) is 2.73. The Labute approximate surface area is 159 Å². The minimum absolute atomic E-state index is 0.00733. The van der Waals surface area contributed by atoms with Crippen molar-refractivity contribution in [2.75, 3.05) is 6.79 Å². The van der Waals surface area contributed by atoms with Gasteiger partial charge in [-0.05, 0) is 35.9 Å². The van der Waals surface area contributed by atoms with Gasteiger partial charge >= 0.3 is 0 Å². The molecule has 8 nitrogen and oxygen atoms in total. The van der Waals surface area contributed by atoms with E-state index >= 15 is 0 Å². The van der Waals surface area contributed by atoms with E-state index in [1.165, 1.54) is 0 Å². The maximum atomic E-state index is 9.94. The number of fused-ring (bicyclic) bond motifs is 2. The molecular formula is C20H14N4O4. The molecule has 28 heavy (non-hydrogen) atoms. The van der Waals surface area contributed by atoms with E-state index in [9.17, 15) is 10.4 Å². The van der Waals surface area contributed by atoms with Crippen molar-refractivity contribution in [3.8, 4) is 40.5 Å². The van der Waals surface area contributed by atoms with Crippen molar-refractivity contribution in [3.05, 3.63) is 65.0 Å². The maximum absolute atomic E-state index is 9.94. The molecule has 2 aromatic carbocycles. The SMILES string of the molecule is N#CC1=C(N)Oc2n[nH]c(-c3ccc4c(c3)OCO4)c2[C@@H]1c1cccc(O)c1. The number of aromatic hydroxyl groups is 1. The van der Waals surface area contributed by atoms with Gasteiger partial charge in [0.1, 0.15) is 17.4 Å². The summed E-state index contributed by atoms with van der Waals surface area (Å²) < 4.78 is 16.4. The van der Waals surface area contributed by atoms with Crippen LogP contribution in [0.3, 0.4) is 0 Å².